The molecule has 1 aliphatic rings. The zero-order valence-corrected chi connectivity index (χ0v) is 16.7. The molecule has 2 atom stereocenters. The van der Waals surface area contributed by atoms with E-state index in [0.717, 1.165) is 0 Å². The standard InChI is InChI=1S/C22H22N2O3S/c1-14-5-7-16(8-6-14)21(20-4-3-11-28-20)23-15(2)22(25)24-17-9-10-18-19(12-17)27-13-26-18/h3-12,15,21,23H,13H2,1-2H3,(H,24,25)/p+1/t15-,21+/m0/s1. The van der Waals surface area contributed by atoms with Gasteiger partial charge in [0.15, 0.2) is 17.5 Å². The summed E-state index contributed by atoms with van der Waals surface area (Å²) in [5.41, 5.74) is 3.12. The number of carbonyl (C=O) groups excluding carboxylic acids is 1. The number of thiophene rings is 1. The molecule has 4 rings (SSSR count). The van der Waals surface area contributed by atoms with Crippen molar-refractivity contribution in [3.05, 3.63) is 76.0 Å². The Morgan fingerprint density at radius 1 is 1.11 bits per heavy atom. The summed E-state index contributed by atoms with van der Waals surface area (Å²) in [5, 5.41) is 7.16. The molecule has 5 nitrogen and oxygen atoms in total. The van der Waals surface area contributed by atoms with Gasteiger partial charge in [0.2, 0.25) is 6.79 Å². The molecule has 6 heteroatoms. The second-order valence-electron chi connectivity index (χ2n) is 6.94. The van der Waals surface area contributed by atoms with E-state index in [4.69, 9.17) is 9.47 Å². The van der Waals surface area contributed by atoms with Crippen molar-refractivity contribution in [2.45, 2.75) is 25.9 Å². The van der Waals surface area contributed by atoms with Gasteiger partial charge in [-0.05, 0) is 37.4 Å². The number of quaternary nitrogens is 1. The quantitative estimate of drug-likeness (QED) is 0.672. The minimum atomic E-state index is -0.265. The monoisotopic (exact) mass is 395 g/mol. The van der Waals surface area contributed by atoms with E-state index in [-0.39, 0.29) is 24.8 Å². The molecule has 3 aromatic rings. The third kappa shape index (κ3) is 4.03. The largest absolute Gasteiger partial charge is 0.454 e. The van der Waals surface area contributed by atoms with Crippen LogP contribution in [0.1, 0.15) is 29.0 Å². The van der Waals surface area contributed by atoms with E-state index >= 15 is 0 Å². The van der Waals surface area contributed by atoms with Gasteiger partial charge in [0.1, 0.15) is 6.04 Å². The summed E-state index contributed by atoms with van der Waals surface area (Å²) in [6.07, 6.45) is 0. The number of carbonyl (C=O) groups is 1. The molecule has 0 unspecified atom stereocenters. The fraction of sp³-hybridized carbons (Fsp3) is 0.227. The molecule has 0 saturated carbocycles. The van der Waals surface area contributed by atoms with Gasteiger partial charge in [-0.15, -0.1) is 11.3 Å². The second kappa shape index (κ2) is 8.04. The summed E-state index contributed by atoms with van der Waals surface area (Å²) in [6, 6.07) is 17.9. The number of aryl methyl sites for hydroxylation is 1. The lowest BCUT2D eigenvalue weighted by Crippen LogP contribution is -2.92. The zero-order valence-electron chi connectivity index (χ0n) is 15.8. The molecule has 0 fully saturated rings. The van der Waals surface area contributed by atoms with E-state index < -0.39 is 0 Å². The Balaban J connectivity index is 1.48. The van der Waals surface area contributed by atoms with Crippen molar-refractivity contribution < 1.29 is 19.6 Å². The number of nitrogens with one attached hydrogen (secondary N) is 1. The van der Waals surface area contributed by atoms with E-state index in [1.807, 2.05) is 25.1 Å². The molecule has 0 spiro atoms. The Morgan fingerprint density at radius 2 is 1.89 bits per heavy atom. The highest BCUT2D eigenvalue weighted by Gasteiger charge is 2.26. The van der Waals surface area contributed by atoms with E-state index in [1.54, 1.807) is 17.4 Å². The highest BCUT2D eigenvalue weighted by Crippen LogP contribution is 2.34. The Bertz CT molecular complexity index is 954. The number of fused-ring (bicyclic) bond motifs is 1. The molecular weight excluding hydrogens is 372 g/mol. The average Bonchev–Trinajstić information content (AvgIpc) is 3.38. The maximum absolute atomic E-state index is 12.8. The molecule has 1 aliphatic heterocycles. The summed E-state index contributed by atoms with van der Waals surface area (Å²) in [7, 11) is 0. The van der Waals surface area contributed by atoms with Gasteiger partial charge in [0.05, 0.1) is 4.88 Å². The van der Waals surface area contributed by atoms with Crippen molar-refractivity contribution in [2.24, 2.45) is 0 Å². The lowest BCUT2D eigenvalue weighted by atomic mass is 10.0. The molecule has 144 valence electrons. The summed E-state index contributed by atoms with van der Waals surface area (Å²) >= 11 is 1.71. The first-order chi connectivity index (χ1) is 13.6. The molecule has 0 saturated heterocycles. The zero-order chi connectivity index (χ0) is 19.5. The number of amides is 1. The molecule has 1 amide bonds. The van der Waals surface area contributed by atoms with Gasteiger partial charge in [-0.3, -0.25) is 4.79 Å². The third-order valence-corrected chi connectivity index (χ3v) is 5.78. The van der Waals surface area contributed by atoms with Gasteiger partial charge in [0.25, 0.3) is 5.91 Å². The number of anilines is 1. The van der Waals surface area contributed by atoms with Crippen LogP contribution in [0.3, 0.4) is 0 Å². The molecule has 3 N–H and O–H groups in total. The summed E-state index contributed by atoms with van der Waals surface area (Å²) < 4.78 is 10.7. The first-order valence-corrected chi connectivity index (χ1v) is 10.1. The average molecular weight is 396 g/mol. The van der Waals surface area contributed by atoms with Gasteiger partial charge < -0.3 is 20.1 Å². The van der Waals surface area contributed by atoms with Crippen LogP contribution in [0.5, 0.6) is 11.5 Å². The van der Waals surface area contributed by atoms with Crippen molar-refractivity contribution in [1.29, 1.82) is 0 Å². The molecular formula is C22H23N2O3S+. The number of rotatable bonds is 6. The van der Waals surface area contributed by atoms with Gasteiger partial charge >= 0.3 is 0 Å². The predicted octanol–water partition coefficient (Wildman–Crippen LogP) is 3.47. The van der Waals surface area contributed by atoms with Gasteiger partial charge in [-0.1, -0.05) is 35.9 Å². The Morgan fingerprint density at radius 3 is 2.64 bits per heavy atom. The van der Waals surface area contributed by atoms with Gasteiger partial charge in [0, 0.05) is 17.3 Å². The Kier molecular flexibility index (Phi) is 5.32. The molecule has 28 heavy (non-hydrogen) atoms. The molecule has 0 bridgehead atoms. The number of benzene rings is 2. The van der Waals surface area contributed by atoms with Crippen molar-refractivity contribution in [2.75, 3.05) is 12.1 Å². The topological polar surface area (TPSA) is 64.2 Å². The van der Waals surface area contributed by atoms with Crippen LogP contribution in [0, 0.1) is 6.92 Å². The summed E-state index contributed by atoms with van der Waals surface area (Å²) in [6.45, 7) is 4.22. The van der Waals surface area contributed by atoms with E-state index in [2.05, 4.69) is 53.3 Å². The fourth-order valence-corrected chi connectivity index (χ4v) is 4.05. The van der Waals surface area contributed by atoms with Crippen LogP contribution in [0.25, 0.3) is 0 Å². The second-order valence-corrected chi connectivity index (χ2v) is 7.92. The molecule has 0 aliphatic carbocycles. The lowest BCUT2D eigenvalue weighted by molar-refractivity contribution is -0.703. The minimum absolute atomic E-state index is 0.0486. The first kappa shape index (κ1) is 18.5. The van der Waals surface area contributed by atoms with Crippen LogP contribution in [0.2, 0.25) is 0 Å². The first-order valence-electron chi connectivity index (χ1n) is 9.25. The van der Waals surface area contributed by atoms with E-state index in [0.29, 0.717) is 17.2 Å². The summed E-state index contributed by atoms with van der Waals surface area (Å²) in [4.78, 5) is 14.0. The van der Waals surface area contributed by atoms with Crippen LogP contribution in [0.4, 0.5) is 5.69 Å². The molecule has 0 radical (unpaired) electrons. The number of ether oxygens (including phenoxy) is 2. The summed E-state index contributed by atoms with van der Waals surface area (Å²) in [5.74, 6) is 1.31. The van der Waals surface area contributed by atoms with Crippen LogP contribution < -0.4 is 20.1 Å². The van der Waals surface area contributed by atoms with Crippen LogP contribution in [-0.2, 0) is 4.79 Å². The van der Waals surface area contributed by atoms with Gasteiger partial charge in [-0.2, -0.15) is 0 Å². The van der Waals surface area contributed by atoms with Crippen molar-refractivity contribution in [3.63, 3.8) is 0 Å². The van der Waals surface area contributed by atoms with Crippen LogP contribution in [0.15, 0.2) is 60.0 Å². The lowest BCUT2D eigenvalue weighted by Gasteiger charge is -2.19. The smallest absolute Gasteiger partial charge is 0.282 e. The fourth-order valence-electron chi connectivity index (χ4n) is 3.22. The maximum Gasteiger partial charge on any atom is 0.282 e. The Labute approximate surface area is 168 Å². The van der Waals surface area contributed by atoms with Crippen LogP contribution >= 0.6 is 11.3 Å². The third-order valence-electron chi connectivity index (χ3n) is 4.82. The number of hydrogen-bond acceptors (Lipinski definition) is 4. The van der Waals surface area contributed by atoms with E-state index in [9.17, 15) is 4.79 Å². The molecule has 1 aromatic heterocycles. The van der Waals surface area contributed by atoms with Gasteiger partial charge in [-0.25, -0.2) is 0 Å². The highest BCUT2D eigenvalue weighted by atomic mass is 32.1. The van der Waals surface area contributed by atoms with Crippen LogP contribution in [-0.4, -0.2) is 18.7 Å². The van der Waals surface area contributed by atoms with E-state index in [1.165, 1.54) is 16.0 Å². The Hall–Kier alpha value is -2.83. The highest BCUT2D eigenvalue weighted by molar-refractivity contribution is 7.10. The van der Waals surface area contributed by atoms with Crippen molar-refractivity contribution in [3.8, 4) is 11.5 Å². The molecule has 2 heterocycles. The minimum Gasteiger partial charge on any atom is -0.454 e. The predicted molar refractivity (Wildman–Crippen MR) is 110 cm³/mol. The molecule has 2 aromatic carbocycles. The van der Waals surface area contributed by atoms with Crippen molar-refractivity contribution >= 4 is 22.9 Å². The normalized spacial score (nSPS) is 14.5. The SMILES string of the molecule is Cc1ccc([C@@H]([NH2+][C@@H](C)C(=O)Nc2ccc3c(c2)OCO3)c2cccs2)cc1. The maximum atomic E-state index is 12.8. The van der Waals surface area contributed by atoms with Crippen molar-refractivity contribution in [1.82, 2.24) is 0 Å². The number of hydrogen-bond donors (Lipinski definition) is 2. The number of nitrogens with two attached hydrogens (primary N) is 1.